The van der Waals surface area contributed by atoms with Crippen molar-refractivity contribution in [1.82, 2.24) is 5.32 Å². The quantitative estimate of drug-likeness (QED) is 0.842. The van der Waals surface area contributed by atoms with E-state index in [9.17, 15) is 4.79 Å². The van der Waals surface area contributed by atoms with Crippen LogP contribution in [0, 0.1) is 13.8 Å². The van der Waals surface area contributed by atoms with Gasteiger partial charge in [-0.05, 0) is 62.6 Å². The number of rotatable bonds is 7. The molecule has 2 aromatic rings. The number of amides is 1. The van der Waals surface area contributed by atoms with Gasteiger partial charge in [0.1, 0.15) is 11.5 Å². The van der Waals surface area contributed by atoms with Gasteiger partial charge in [0.2, 0.25) is 0 Å². The molecule has 0 fully saturated rings. The van der Waals surface area contributed by atoms with Gasteiger partial charge in [-0.15, -0.1) is 0 Å². The van der Waals surface area contributed by atoms with E-state index in [1.165, 1.54) is 0 Å². The molecule has 2 aromatic carbocycles. The highest BCUT2D eigenvalue weighted by Gasteiger charge is 2.15. The third-order valence-electron chi connectivity index (χ3n) is 3.90. The Labute approximate surface area is 143 Å². The number of benzene rings is 2. The SMILES string of the molecule is CCOc1cccc(CNC(=O)[C@H](C)Oc2cccc(C)c2C)c1. The minimum atomic E-state index is -0.555. The summed E-state index contributed by atoms with van der Waals surface area (Å²) in [4.78, 5) is 12.3. The van der Waals surface area contributed by atoms with E-state index in [4.69, 9.17) is 9.47 Å². The van der Waals surface area contributed by atoms with Crippen molar-refractivity contribution < 1.29 is 14.3 Å². The van der Waals surface area contributed by atoms with E-state index in [-0.39, 0.29) is 5.91 Å². The van der Waals surface area contributed by atoms with Crippen molar-refractivity contribution >= 4 is 5.91 Å². The Morgan fingerprint density at radius 3 is 2.67 bits per heavy atom. The average molecular weight is 327 g/mol. The Balaban J connectivity index is 1.92. The van der Waals surface area contributed by atoms with Crippen LogP contribution < -0.4 is 14.8 Å². The molecule has 1 amide bonds. The Hall–Kier alpha value is -2.49. The van der Waals surface area contributed by atoms with Crippen LogP contribution in [0.5, 0.6) is 11.5 Å². The Kier molecular flexibility index (Phi) is 6.24. The van der Waals surface area contributed by atoms with Gasteiger partial charge in [-0.2, -0.15) is 0 Å². The second-order valence-electron chi connectivity index (χ2n) is 5.76. The molecule has 4 heteroatoms. The summed E-state index contributed by atoms with van der Waals surface area (Å²) in [5.41, 5.74) is 3.20. The van der Waals surface area contributed by atoms with Crippen LogP contribution in [-0.4, -0.2) is 18.6 Å². The lowest BCUT2D eigenvalue weighted by Crippen LogP contribution is -2.36. The molecule has 1 atom stereocenters. The third-order valence-corrected chi connectivity index (χ3v) is 3.90. The van der Waals surface area contributed by atoms with E-state index >= 15 is 0 Å². The molecule has 0 aliphatic rings. The number of carbonyl (C=O) groups is 1. The summed E-state index contributed by atoms with van der Waals surface area (Å²) in [6.07, 6.45) is -0.555. The molecule has 0 spiro atoms. The lowest BCUT2D eigenvalue weighted by molar-refractivity contribution is -0.127. The summed E-state index contributed by atoms with van der Waals surface area (Å²) < 4.78 is 11.3. The van der Waals surface area contributed by atoms with Crippen LogP contribution in [0.25, 0.3) is 0 Å². The van der Waals surface area contributed by atoms with Gasteiger partial charge in [0, 0.05) is 6.54 Å². The normalized spacial score (nSPS) is 11.7. The highest BCUT2D eigenvalue weighted by atomic mass is 16.5. The van der Waals surface area contributed by atoms with Gasteiger partial charge in [0.05, 0.1) is 6.61 Å². The monoisotopic (exact) mass is 327 g/mol. The Bertz CT molecular complexity index is 697. The molecule has 0 unspecified atom stereocenters. The lowest BCUT2D eigenvalue weighted by Gasteiger charge is -2.17. The number of nitrogens with one attached hydrogen (secondary N) is 1. The van der Waals surface area contributed by atoms with Crippen LogP contribution in [0.2, 0.25) is 0 Å². The fourth-order valence-electron chi connectivity index (χ4n) is 2.34. The van der Waals surface area contributed by atoms with Gasteiger partial charge in [0.25, 0.3) is 5.91 Å². The molecule has 1 N–H and O–H groups in total. The molecule has 0 aliphatic heterocycles. The molecule has 0 aromatic heterocycles. The first-order valence-corrected chi connectivity index (χ1v) is 8.23. The zero-order valence-corrected chi connectivity index (χ0v) is 14.8. The van der Waals surface area contributed by atoms with E-state index in [1.54, 1.807) is 6.92 Å². The van der Waals surface area contributed by atoms with Crippen molar-refractivity contribution in [3.05, 3.63) is 59.2 Å². The minimum absolute atomic E-state index is 0.141. The second kappa shape index (κ2) is 8.39. The molecule has 4 nitrogen and oxygen atoms in total. The van der Waals surface area contributed by atoms with Gasteiger partial charge >= 0.3 is 0 Å². The highest BCUT2D eigenvalue weighted by Crippen LogP contribution is 2.21. The van der Waals surface area contributed by atoms with Crippen molar-refractivity contribution in [2.45, 2.75) is 40.3 Å². The molecular weight excluding hydrogens is 302 g/mol. The zero-order valence-electron chi connectivity index (χ0n) is 14.8. The summed E-state index contributed by atoms with van der Waals surface area (Å²) >= 11 is 0. The summed E-state index contributed by atoms with van der Waals surface area (Å²) in [6.45, 7) is 8.79. The van der Waals surface area contributed by atoms with Gasteiger partial charge in [-0.1, -0.05) is 24.3 Å². The van der Waals surface area contributed by atoms with Gasteiger partial charge in [-0.25, -0.2) is 0 Å². The number of aryl methyl sites for hydroxylation is 1. The highest BCUT2D eigenvalue weighted by molar-refractivity contribution is 5.80. The second-order valence-corrected chi connectivity index (χ2v) is 5.76. The first-order valence-electron chi connectivity index (χ1n) is 8.23. The summed E-state index contributed by atoms with van der Waals surface area (Å²) in [7, 11) is 0. The molecule has 24 heavy (non-hydrogen) atoms. The molecular formula is C20H25NO3. The van der Waals surface area contributed by atoms with Crippen molar-refractivity contribution in [3.8, 4) is 11.5 Å². The summed E-state index contributed by atoms with van der Waals surface area (Å²) in [5.74, 6) is 1.41. The van der Waals surface area contributed by atoms with Crippen LogP contribution in [0.1, 0.15) is 30.5 Å². The third kappa shape index (κ3) is 4.75. The molecule has 128 valence electrons. The average Bonchev–Trinajstić information content (AvgIpc) is 2.57. The molecule has 2 rings (SSSR count). The fraction of sp³-hybridized carbons (Fsp3) is 0.350. The molecule has 0 aliphatic carbocycles. The molecule has 0 bridgehead atoms. The Morgan fingerprint density at radius 1 is 1.17 bits per heavy atom. The topological polar surface area (TPSA) is 47.6 Å². The predicted molar refractivity (Wildman–Crippen MR) is 95.5 cm³/mol. The standard InChI is InChI=1S/C20H25NO3/c1-5-23-18-10-7-9-17(12-18)13-21-20(22)16(4)24-19-11-6-8-14(2)15(19)3/h6-12,16H,5,13H2,1-4H3,(H,21,22)/t16-/m0/s1. The van der Waals surface area contributed by atoms with Crippen LogP contribution in [0.4, 0.5) is 0 Å². The van der Waals surface area contributed by atoms with E-state index in [0.717, 1.165) is 28.2 Å². The van der Waals surface area contributed by atoms with Crippen LogP contribution in [-0.2, 0) is 11.3 Å². The van der Waals surface area contributed by atoms with Crippen molar-refractivity contribution in [3.63, 3.8) is 0 Å². The first-order chi connectivity index (χ1) is 11.5. The van der Waals surface area contributed by atoms with Gasteiger partial charge < -0.3 is 14.8 Å². The molecule has 0 radical (unpaired) electrons. The molecule has 0 saturated carbocycles. The van der Waals surface area contributed by atoms with E-state index in [0.29, 0.717) is 13.2 Å². The van der Waals surface area contributed by atoms with E-state index in [2.05, 4.69) is 5.32 Å². The molecule has 0 saturated heterocycles. The van der Waals surface area contributed by atoms with Crippen LogP contribution in [0.15, 0.2) is 42.5 Å². The van der Waals surface area contributed by atoms with Gasteiger partial charge in [0.15, 0.2) is 6.10 Å². The first kappa shape index (κ1) is 17.9. The number of ether oxygens (including phenoxy) is 2. The summed E-state index contributed by atoms with van der Waals surface area (Å²) in [6, 6.07) is 13.6. The maximum atomic E-state index is 12.3. The minimum Gasteiger partial charge on any atom is -0.494 e. The number of hydrogen-bond donors (Lipinski definition) is 1. The van der Waals surface area contributed by atoms with E-state index < -0.39 is 6.10 Å². The van der Waals surface area contributed by atoms with E-state index in [1.807, 2.05) is 63.2 Å². The predicted octanol–water partition coefficient (Wildman–Crippen LogP) is 3.79. The largest absolute Gasteiger partial charge is 0.494 e. The fourth-order valence-corrected chi connectivity index (χ4v) is 2.34. The van der Waals surface area contributed by atoms with Crippen molar-refractivity contribution in [2.24, 2.45) is 0 Å². The summed E-state index contributed by atoms with van der Waals surface area (Å²) in [5, 5.41) is 2.90. The lowest BCUT2D eigenvalue weighted by atomic mass is 10.1. The maximum absolute atomic E-state index is 12.3. The smallest absolute Gasteiger partial charge is 0.261 e. The zero-order chi connectivity index (χ0) is 17.5. The van der Waals surface area contributed by atoms with Gasteiger partial charge in [-0.3, -0.25) is 4.79 Å². The van der Waals surface area contributed by atoms with Crippen LogP contribution >= 0.6 is 0 Å². The number of carbonyl (C=O) groups excluding carboxylic acids is 1. The number of hydrogen-bond acceptors (Lipinski definition) is 3. The van der Waals surface area contributed by atoms with Crippen LogP contribution in [0.3, 0.4) is 0 Å². The van der Waals surface area contributed by atoms with Crippen molar-refractivity contribution in [1.29, 1.82) is 0 Å². The Morgan fingerprint density at radius 2 is 1.92 bits per heavy atom. The molecule has 0 heterocycles. The maximum Gasteiger partial charge on any atom is 0.261 e. The van der Waals surface area contributed by atoms with Crippen molar-refractivity contribution in [2.75, 3.05) is 6.61 Å².